The molecule has 38 heavy (non-hydrogen) atoms. The highest BCUT2D eigenvalue weighted by Gasteiger charge is 2.35. The molecule has 4 nitrogen and oxygen atoms in total. The molecule has 0 saturated heterocycles. The van der Waals surface area contributed by atoms with Crippen molar-refractivity contribution in [3.63, 3.8) is 0 Å². The molecule has 4 heteroatoms. The molecule has 0 amide bonds. The lowest BCUT2D eigenvalue weighted by Gasteiger charge is -2.33. The van der Waals surface area contributed by atoms with Crippen LogP contribution in [0.25, 0.3) is 0 Å². The highest BCUT2D eigenvalue weighted by atomic mass is 16.1. The van der Waals surface area contributed by atoms with Crippen LogP contribution < -0.4 is 5.32 Å². The fourth-order valence-corrected chi connectivity index (χ4v) is 4.53. The molecule has 1 aromatic carbocycles. The SMILES string of the molecule is CC(C)(C)C1=CC(=Nc2ccccc2NC2C=C(C(C)(C)C)C=C(C(C)(C)C)C2=O)C(=O)C(C(C)(C)C)=C1. The van der Waals surface area contributed by atoms with E-state index in [0.717, 1.165) is 28.0 Å². The molecule has 1 atom stereocenters. The smallest absolute Gasteiger partial charge is 0.207 e. The summed E-state index contributed by atoms with van der Waals surface area (Å²) in [6, 6.07) is 7.14. The first-order chi connectivity index (χ1) is 17.2. The number of hydrogen-bond acceptors (Lipinski definition) is 4. The van der Waals surface area contributed by atoms with Gasteiger partial charge >= 0.3 is 0 Å². The molecule has 1 unspecified atom stereocenters. The molecule has 0 aliphatic heterocycles. The molecule has 204 valence electrons. The van der Waals surface area contributed by atoms with E-state index in [9.17, 15) is 9.59 Å². The number of ketones is 2. The van der Waals surface area contributed by atoms with E-state index < -0.39 is 6.04 Å². The van der Waals surface area contributed by atoms with Crippen LogP contribution in [-0.2, 0) is 9.59 Å². The van der Waals surface area contributed by atoms with Crippen molar-refractivity contribution in [1.82, 2.24) is 0 Å². The Labute approximate surface area is 230 Å². The summed E-state index contributed by atoms with van der Waals surface area (Å²) in [6.45, 7) is 25.3. The predicted octanol–water partition coefficient (Wildman–Crippen LogP) is 8.60. The van der Waals surface area contributed by atoms with E-state index in [1.807, 2.05) is 42.5 Å². The van der Waals surface area contributed by atoms with Crippen molar-refractivity contribution in [1.29, 1.82) is 0 Å². The predicted molar refractivity (Wildman–Crippen MR) is 161 cm³/mol. The van der Waals surface area contributed by atoms with E-state index >= 15 is 0 Å². The van der Waals surface area contributed by atoms with Gasteiger partial charge in [-0.1, -0.05) is 113 Å². The molecule has 0 heterocycles. The Kier molecular flexibility index (Phi) is 7.73. The number of anilines is 1. The number of rotatable bonds is 3. The van der Waals surface area contributed by atoms with Crippen molar-refractivity contribution in [3.05, 3.63) is 70.9 Å². The van der Waals surface area contributed by atoms with Gasteiger partial charge in [-0.05, 0) is 51.0 Å². The van der Waals surface area contributed by atoms with Gasteiger partial charge in [0.2, 0.25) is 5.78 Å². The van der Waals surface area contributed by atoms with Crippen LogP contribution in [0.2, 0.25) is 0 Å². The number of benzene rings is 1. The van der Waals surface area contributed by atoms with E-state index in [1.165, 1.54) is 0 Å². The number of carbonyl (C=O) groups excluding carboxylic acids is 2. The van der Waals surface area contributed by atoms with Crippen LogP contribution in [0, 0.1) is 21.7 Å². The van der Waals surface area contributed by atoms with Crippen LogP contribution in [0.15, 0.2) is 75.9 Å². The van der Waals surface area contributed by atoms with Crippen molar-refractivity contribution in [2.75, 3.05) is 5.32 Å². The normalized spacial score (nSPS) is 20.6. The Morgan fingerprint density at radius 2 is 1.18 bits per heavy atom. The third kappa shape index (κ3) is 6.51. The number of aliphatic imine (C=N–C) groups is 1. The Hall–Kier alpha value is -3.01. The molecular formula is C34H46N2O2. The summed E-state index contributed by atoms with van der Waals surface area (Å²) in [5.74, 6) is 0.0106. The Morgan fingerprint density at radius 3 is 1.71 bits per heavy atom. The maximum Gasteiger partial charge on any atom is 0.207 e. The third-order valence-corrected chi connectivity index (χ3v) is 7.07. The molecule has 0 saturated carbocycles. The second kappa shape index (κ2) is 9.94. The van der Waals surface area contributed by atoms with Crippen molar-refractivity contribution in [2.45, 2.75) is 89.1 Å². The van der Waals surface area contributed by atoms with Crippen LogP contribution in [0.1, 0.15) is 83.1 Å². The van der Waals surface area contributed by atoms with Crippen LogP contribution in [0.5, 0.6) is 0 Å². The van der Waals surface area contributed by atoms with Crippen LogP contribution >= 0.6 is 0 Å². The number of carbonyl (C=O) groups is 2. The van der Waals surface area contributed by atoms with Gasteiger partial charge < -0.3 is 5.32 Å². The van der Waals surface area contributed by atoms with Gasteiger partial charge in [-0.15, -0.1) is 0 Å². The number of nitrogens with zero attached hydrogens (tertiary/aromatic N) is 1. The van der Waals surface area contributed by atoms with Crippen molar-refractivity contribution in [3.8, 4) is 0 Å². The van der Waals surface area contributed by atoms with E-state index in [0.29, 0.717) is 11.4 Å². The Balaban J connectivity index is 2.09. The lowest BCUT2D eigenvalue weighted by atomic mass is 9.73. The third-order valence-electron chi connectivity index (χ3n) is 7.07. The highest BCUT2D eigenvalue weighted by Crippen LogP contribution is 2.39. The average molecular weight is 515 g/mol. The fourth-order valence-electron chi connectivity index (χ4n) is 4.53. The minimum atomic E-state index is -0.516. The minimum absolute atomic E-state index is 0.0538. The van der Waals surface area contributed by atoms with Gasteiger partial charge in [-0.3, -0.25) is 9.59 Å². The van der Waals surface area contributed by atoms with Crippen molar-refractivity contribution >= 4 is 28.7 Å². The van der Waals surface area contributed by atoms with E-state index in [1.54, 1.807) is 0 Å². The van der Waals surface area contributed by atoms with Crippen molar-refractivity contribution < 1.29 is 9.59 Å². The summed E-state index contributed by atoms with van der Waals surface area (Å²) in [6.07, 6.45) is 8.04. The molecule has 0 aromatic heterocycles. The first-order valence-corrected chi connectivity index (χ1v) is 13.6. The monoisotopic (exact) mass is 514 g/mol. The first kappa shape index (κ1) is 29.5. The van der Waals surface area contributed by atoms with Gasteiger partial charge in [0.25, 0.3) is 0 Å². The summed E-state index contributed by atoms with van der Waals surface area (Å²) < 4.78 is 0. The highest BCUT2D eigenvalue weighted by molar-refractivity contribution is 6.51. The largest absolute Gasteiger partial charge is 0.370 e. The molecule has 2 aliphatic rings. The van der Waals surface area contributed by atoms with Crippen LogP contribution in [0.3, 0.4) is 0 Å². The minimum Gasteiger partial charge on any atom is -0.370 e. The van der Waals surface area contributed by atoms with Crippen LogP contribution in [-0.4, -0.2) is 23.3 Å². The van der Waals surface area contributed by atoms with Gasteiger partial charge in [-0.25, -0.2) is 4.99 Å². The molecule has 0 bridgehead atoms. The fraction of sp³-hybridized carbons (Fsp3) is 0.500. The average Bonchev–Trinajstić information content (AvgIpc) is 2.74. The van der Waals surface area contributed by atoms with Gasteiger partial charge in [0.1, 0.15) is 11.8 Å². The van der Waals surface area contributed by atoms with E-state index in [2.05, 4.69) is 94.5 Å². The van der Waals surface area contributed by atoms with Gasteiger partial charge in [0, 0.05) is 11.1 Å². The van der Waals surface area contributed by atoms with E-state index in [4.69, 9.17) is 4.99 Å². The molecule has 0 radical (unpaired) electrons. The zero-order valence-electron chi connectivity index (χ0n) is 25.5. The zero-order valence-corrected chi connectivity index (χ0v) is 25.5. The Morgan fingerprint density at radius 1 is 0.658 bits per heavy atom. The number of allylic oxidation sites excluding steroid dienone is 6. The number of hydrogen-bond donors (Lipinski definition) is 1. The lowest BCUT2D eigenvalue weighted by Crippen LogP contribution is -2.36. The molecule has 1 N–H and O–H groups in total. The Bertz CT molecular complexity index is 1290. The van der Waals surface area contributed by atoms with Crippen LogP contribution in [0.4, 0.5) is 11.4 Å². The maximum atomic E-state index is 13.6. The van der Waals surface area contributed by atoms with Gasteiger partial charge in [0.15, 0.2) is 5.78 Å². The summed E-state index contributed by atoms with van der Waals surface area (Å²) in [5, 5.41) is 3.47. The number of nitrogens with one attached hydrogen (secondary N) is 1. The molecular weight excluding hydrogens is 468 g/mol. The zero-order chi connectivity index (χ0) is 28.8. The van der Waals surface area contributed by atoms with Gasteiger partial charge in [-0.2, -0.15) is 0 Å². The summed E-state index contributed by atoms with van der Waals surface area (Å²) in [4.78, 5) is 32.1. The number of para-hydroxylation sites is 2. The molecule has 0 fully saturated rings. The van der Waals surface area contributed by atoms with Crippen molar-refractivity contribution in [2.24, 2.45) is 26.7 Å². The standard InChI is InChI=1S/C34H46N2O2/c1-31(2,3)21-17-23(33(7,8)9)29(37)27(19-21)35-25-15-13-14-16-26(25)36-28-20-22(32(4,5)6)18-24(30(28)38)34(10,11)12/h13-20,27,35H,1-12H3. The number of Topliss-reactive ketones (excluding diaryl/α,β-unsaturated/α-hetero) is 2. The second-order valence-corrected chi connectivity index (χ2v) is 14.7. The summed E-state index contributed by atoms with van der Waals surface area (Å²) in [5.41, 5.74) is 4.75. The molecule has 2 aliphatic carbocycles. The second-order valence-electron chi connectivity index (χ2n) is 14.7. The molecule has 0 spiro atoms. The topological polar surface area (TPSA) is 58.5 Å². The molecule has 3 rings (SSSR count). The quantitative estimate of drug-likeness (QED) is 0.411. The summed E-state index contributed by atoms with van der Waals surface area (Å²) >= 11 is 0. The summed E-state index contributed by atoms with van der Waals surface area (Å²) in [7, 11) is 0. The van der Waals surface area contributed by atoms with E-state index in [-0.39, 0.29) is 33.2 Å². The first-order valence-electron chi connectivity index (χ1n) is 13.6. The molecule has 1 aromatic rings. The lowest BCUT2D eigenvalue weighted by molar-refractivity contribution is -0.116. The van der Waals surface area contributed by atoms with Gasteiger partial charge in [0.05, 0.1) is 11.4 Å². The maximum absolute atomic E-state index is 13.6.